The molecule has 0 bridgehead atoms. The van der Waals surface area contributed by atoms with E-state index in [2.05, 4.69) is 4.98 Å². The van der Waals surface area contributed by atoms with Gasteiger partial charge in [0, 0.05) is 12.0 Å². The number of rotatable bonds is 5. The van der Waals surface area contributed by atoms with Crippen molar-refractivity contribution in [1.82, 2.24) is 4.98 Å². The van der Waals surface area contributed by atoms with E-state index in [4.69, 9.17) is 9.15 Å². The lowest BCUT2D eigenvalue weighted by Gasteiger charge is -2.03. The van der Waals surface area contributed by atoms with Crippen molar-refractivity contribution >= 4 is 5.97 Å². The minimum Gasteiger partial charge on any atom is -0.456 e. The summed E-state index contributed by atoms with van der Waals surface area (Å²) in [6.07, 6.45) is 0.579. The van der Waals surface area contributed by atoms with Gasteiger partial charge in [0.05, 0.1) is 0 Å². The van der Waals surface area contributed by atoms with E-state index in [1.54, 1.807) is 0 Å². The Hall–Kier alpha value is -2.88. The van der Waals surface area contributed by atoms with Crippen LogP contribution in [0.25, 0.3) is 11.5 Å². The van der Waals surface area contributed by atoms with E-state index in [-0.39, 0.29) is 12.3 Å². The molecule has 4 nitrogen and oxygen atoms in total. The topological polar surface area (TPSA) is 52.3 Å². The summed E-state index contributed by atoms with van der Waals surface area (Å²) in [5.74, 6) is 0.521. The quantitative estimate of drug-likeness (QED) is 0.661. The summed E-state index contributed by atoms with van der Waals surface area (Å²) in [6, 6.07) is 19.1. The molecule has 4 heteroatoms. The van der Waals surface area contributed by atoms with Crippen LogP contribution in [0.3, 0.4) is 0 Å². The molecule has 0 aliphatic heterocycles. The summed E-state index contributed by atoms with van der Waals surface area (Å²) in [7, 11) is 0. The Bertz CT molecular complexity index is 779. The van der Waals surface area contributed by atoms with Crippen LogP contribution in [0, 0.1) is 0 Å². The lowest BCUT2D eigenvalue weighted by molar-refractivity contribution is 0.0464. The third-order valence-corrected chi connectivity index (χ3v) is 3.45. The monoisotopic (exact) mass is 307 g/mol. The van der Waals surface area contributed by atoms with E-state index in [0.717, 1.165) is 11.1 Å². The van der Waals surface area contributed by atoms with E-state index in [9.17, 15) is 4.79 Å². The Kier molecular flexibility index (Phi) is 4.52. The van der Waals surface area contributed by atoms with Gasteiger partial charge in [-0.05, 0) is 17.7 Å². The number of carbonyl (C=O) groups is 1. The second-order valence-corrected chi connectivity index (χ2v) is 5.07. The standard InChI is InChI=1S/C19H17NO3/c1-2-16-17(19(21)22-13-14-9-5-3-6-10-14)20-18(23-16)15-11-7-4-8-12-15/h3-12H,2,13H2,1H3. The van der Waals surface area contributed by atoms with Crippen molar-refractivity contribution in [3.8, 4) is 11.5 Å². The maximum Gasteiger partial charge on any atom is 0.360 e. The van der Waals surface area contributed by atoms with Gasteiger partial charge < -0.3 is 9.15 Å². The first-order valence-electron chi connectivity index (χ1n) is 7.54. The van der Waals surface area contributed by atoms with E-state index in [0.29, 0.717) is 18.1 Å². The van der Waals surface area contributed by atoms with Crippen molar-refractivity contribution in [2.75, 3.05) is 0 Å². The zero-order chi connectivity index (χ0) is 16.1. The van der Waals surface area contributed by atoms with Crippen LogP contribution >= 0.6 is 0 Å². The summed E-state index contributed by atoms with van der Waals surface area (Å²) in [5, 5.41) is 0. The van der Waals surface area contributed by atoms with Gasteiger partial charge in [0.1, 0.15) is 12.4 Å². The van der Waals surface area contributed by atoms with Crippen LogP contribution in [-0.4, -0.2) is 11.0 Å². The first kappa shape index (κ1) is 15.0. The van der Waals surface area contributed by atoms with E-state index in [1.807, 2.05) is 67.6 Å². The van der Waals surface area contributed by atoms with Gasteiger partial charge in [-0.3, -0.25) is 0 Å². The molecule has 0 N–H and O–H groups in total. The van der Waals surface area contributed by atoms with Crippen molar-refractivity contribution in [1.29, 1.82) is 0 Å². The molecule has 0 radical (unpaired) electrons. The van der Waals surface area contributed by atoms with Crippen molar-refractivity contribution in [3.63, 3.8) is 0 Å². The predicted molar refractivity (Wildman–Crippen MR) is 86.9 cm³/mol. The van der Waals surface area contributed by atoms with Crippen molar-refractivity contribution < 1.29 is 13.9 Å². The van der Waals surface area contributed by atoms with E-state index < -0.39 is 5.97 Å². The van der Waals surface area contributed by atoms with Gasteiger partial charge in [-0.2, -0.15) is 0 Å². The van der Waals surface area contributed by atoms with Crippen LogP contribution in [0.15, 0.2) is 65.1 Å². The van der Waals surface area contributed by atoms with Gasteiger partial charge in [-0.15, -0.1) is 0 Å². The highest BCUT2D eigenvalue weighted by Crippen LogP contribution is 2.23. The first-order valence-corrected chi connectivity index (χ1v) is 7.54. The number of aromatic nitrogens is 1. The molecule has 2 aromatic carbocycles. The molecule has 1 aromatic heterocycles. The molecular weight excluding hydrogens is 290 g/mol. The average molecular weight is 307 g/mol. The fourth-order valence-corrected chi connectivity index (χ4v) is 2.25. The second-order valence-electron chi connectivity index (χ2n) is 5.07. The maximum atomic E-state index is 12.3. The zero-order valence-electron chi connectivity index (χ0n) is 12.9. The molecule has 3 aromatic rings. The third kappa shape index (κ3) is 3.48. The number of ether oxygens (including phenoxy) is 1. The van der Waals surface area contributed by atoms with Gasteiger partial charge in [0.25, 0.3) is 0 Å². The fourth-order valence-electron chi connectivity index (χ4n) is 2.25. The van der Waals surface area contributed by atoms with Crippen LogP contribution < -0.4 is 0 Å². The van der Waals surface area contributed by atoms with Crippen molar-refractivity contribution in [2.45, 2.75) is 20.0 Å². The Morgan fingerprint density at radius 3 is 2.35 bits per heavy atom. The Labute approximate surface area is 134 Å². The molecule has 0 aliphatic carbocycles. The molecule has 0 amide bonds. The Morgan fingerprint density at radius 1 is 1.04 bits per heavy atom. The van der Waals surface area contributed by atoms with Gasteiger partial charge >= 0.3 is 5.97 Å². The van der Waals surface area contributed by atoms with Crippen molar-refractivity contribution in [3.05, 3.63) is 77.7 Å². The Balaban J connectivity index is 1.79. The molecule has 0 atom stereocenters. The number of hydrogen-bond donors (Lipinski definition) is 0. The van der Waals surface area contributed by atoms with Crippen LogP contribution in [0.5, 0.6) is 0 Å². The first-order chi connectivity index (χ1) is 11.3. The summed E-state index contributed by atoms with van der Waals surface area (Å²) in [4.78, 5) is 16.6. The Morgan fingerprint density at radius 2 is 1.70 bits per heavy atom. The second kappa shape index (κ2) is 6.92. The molecule has 23 heavy (non-hydrogen) atoms. The number of aryl methyl sites for hydroxylation is 1. The van der Waals surface area contributed by atoms with Crippen LogP contribution in [-0.2, 0) is 17.8 Å². The van der Waals surface area contributed by atoms with Crippen molar-refractivity contribution in [2.24, 2.45) is 0 Å². The highest BCUT2D eigenvalue weighted by atomic mass is 16.5. The molecular formula is C19H17NO3. The number of carbonyl (C=O) groups excluding carboxylic acids is 1. The highest BCUT2D eigenvalue weighted by molar-refractivity contribution is 5.89. The number of hydrogen-bond acceptors (Lipinski definition) is 4. The molecule has 0 spiro atoms. The molecule has 0 fully saturated rings. The van der Waals surface area contributed by atoms with E-state index in [1.165, 1.54) is 0 Å². The molecule has 0 saturated carbocycles. The number of esters is 1. The fraction of sp³-hybridized carbons (Fsp3) is 0.158. The minimum absolute atomic E-state index is 0.219. The molecule has 3 rings (SSSR count). The minimum atomic E-state index is -0.461. The number of benzene rings is 2. The third-order valence-electron chi connectivity index (χ3n) is 3.45. The van der Waals surface area contributed by atoms with Gasteiger partial charge in [-0.25, -0.2) is 9.78 Å². The lowest BCUT2D eigenvalue weighted by atomic mass is 10.2. The number of nitrogens with zero attached hydrogens (tertiary/aromatic N) is 1. The molecule has 0 unspecified atom stereocenters. The summed E-state index contributed by atoms with van der Waals surface area (Å²) in [6.45, 7) is 2.14. The van der Waals surface area contributed by atoms with Gasteiger partial charge in [0.2, 0.25) is 5.89 Å². The molecule has 1 heterocycles. The zero-order valence-corrected chi connectivity index (χ0v) is 12.9. The van der Waals surface area contributed by atoms with Crippen LogP contribution in [0.1, 0.15) is 28.7 Å². The smallest absolute Gasteiger partial charge is 0.360 e. The van der Waals surface area contributed by atoms with Crippen LogP contribution in [0.2, 0.25) is 0 Å². The molecule has 0 aliphatic rings. The largest absolute Gasteiger partial charge is 0.456 e. The molecule has 116 valence electrons. The van der Waals surface area contributed by atoms with E-state index >= 15 is 0 Å². The predicted octanol–water partition coefficient (Wildman–Crippen LogP) is 4.26. The molecule has 0 saturated heterocycles. The van der Waals surface area contributed by atoms with Gasteiger partial charge in [-0.1, -0.05) is 55.5 Å². The maximum absolute atomic E-state index is 12.3. The highest BCUT2D eigenvalue weighted by Gasteiger charge is 2.21. The normalized spacial score (nSPS) is 10.5. The number of oxazole rings is 1. The summed E-state index contributed by atoms with van der Waals surface area (Å²) < 4.78 is 11.1. The van der Waals surface area contributed by atoms with Gasteiger partial charge in [0.15, 0.2) is 5.69 Å². The average Bonchev–Trinajstić information content (AvgIpc) is 3.06. The summed E-state index contributed by atoms with van der Waals surface area (Å²) >= 11 is 0. The SMILES string of the molecule is CCc1oc(-c2ccccc2)nc1C(=O)OCc1ccccc1. The summed E-state index contributed by atoms with van der Waals surface area (Å²) in [5.41, 5.74) is 2.03. The van der Waals surface area contributed by atoms with Crippen LogP contribution in [0.4, 0.5) is 0 Å². The lowest BCUT2D eigenvalue weighted by Crippen LogP contribution is -2.08.